The van der Waals surface area contributed by atoms with E-state index in [4.69, 9.17) is 4.42 Å². The molecule has 11 rings (SSSR count). The van der Waals surface area contributed by atoms with Crippen molar-refractivity contribution >= 4 is 70.5 Å². The van der Waals surface area contributed by atoms with Gasteiger partial charge in [0.1, 0.15) is 11.2 Å². The highest BCUT2D eigenvalue weighted by Gasteiger charge is 2.29. The first-order chi connectivity index (χ1) is 28.9. The van der Waals surface area contributed by atoms with Crippen molar-refractivity contribution in [2.75, 3.05) is 11.4 Å². The number of fused-ring (bicyclic) bond motifs is 7. The molecule has 10 aromatic rings. The van der Waals surface area contributed by atoms with Crippen LogP contribution in [-0.2, 0) is 13.0 Å². The van der Waals surface area contributed by atoms with E-state index in [1.165, 1.54) is 59.2 Å². The zero-order valence-corrected chi connectivity index (χ0v) is 34.4. The van der Waals surface area contributed by atoms with Crippen molar-refractivity contribution in [1.29, 1.82) is 0 Å². The number of furan rings is 1. The molecule has 0 saturated carbocycles. The van der Waals surface area contributed by atoms with Crippen LogP contribution in [0.1, 0.15) is 31.9 Å². The van der Waals surface area contributed by atoms with Crippen LogP contribution in [0, 0.1) is 0 Å². The molecule has 0 aliphatic carbocycles. The lowest BCUT2D eigenvalue weighted by Gasteiger charge is -2.40. The van der Waals surface area contributed by atoms with Gasteiger partial charge in [-0.05, 0) is 127 Å². The maximum atomic E-state index is 6.37. The van der Waals surface area contributed by atoms with Crippen LogP contribution in [0.4, 0.5) is 17.1 Å². The number of hydrogen-bond acceptors (Lipinski definition) is 4. The fourth-order valence-corrected chi connectivity index (χ4v) is 10.3. The Labute approximate surface area is 349 Å². The summed E-state index contributed by atoms with van der Waals surface area (Å²) in [6.07, 6.45) is 1.04. The minimum Gasteiger partial charge on any atom is -0.456 e. The molecule has 0 saturated heterocycles. The SMILES string of the molecule is CC(C)(C)N1CCc2cccc(-c3cc4c(cc3N(c3ccc(-c5ccccc5)cc3)c3cccc(-c5ccc6c(c5)oc5ccccc56)c3)sc3ccccc34)c2C1. The largest absolute Gasteiger partial charge is 0.456 e. The van der Waals surface area contributed by atoms with Crippen LogP contribution in [0.3, 0.4) is 0 Å². The molecule has 0 N–H and O–H groups in total. The molecule has 4 heteroatoms. The van der Waals surface area contributed by atoms with E-state index in [2.05, 4.69) is 194 Å². The smallest absolute Gasteiger partial charge is 0.136 e. The quantitative estimate of drug-likeness (QED) is 0.168. The van der Waals surface area contributed by atoms with E-state index < -0.39 is 0 Å². The monoisotopic (exact) mass is 780 g/mol. The first-order valence-corrected chi connectivity index (χ1v) is 21.5. The Balaban J connectivity index is 1.14. The molecule has 0 amide bonds. The molecule has 3 heterocycles. The number of para-hydroxylation sites is 1. The summed E-state index contributed by atoms with van der Waals surface area (Å²) >= 11 is 1.88. The third-order valence-corrected chi connectivity index (χ3v) is 13.4. The summed E-state index contributed by atoms with van der Waals surface area (Å²) in [5, 5.41) is 4.89. The highest BCUT2D eigenvalue weighted by molar-refractivity contribution is 7.25. The standard InChI is InChI=1S/C55H44N2OS/c1-55(2,3)56-30-29-38-15-12-20-43(49(38)35-56)47-33-48-46-19-8-10-22-53(46)59-54(48)34-50(47)57(41-26-23-37(24-27-41)36-13-5-4-6-14-36)42-17-11-16-39(31-42)40-25-28-45-44-18-7-9-21-51(44)58-52(45)32-40/h4-28,31-34H,29-30,35H2,1-3H3. The third-order valence-electron chi connectivity index (χ3n) is 12.3. The molecule has 59 heavy (non-hydrogen) atoms. The number of rotatable bonds is 6. The summed E-state index contributed by atoms with van der Waals surface area (Å²) in [6.45, 7) is 9.01. The van der Waals surface area contributed by atoms with Crippen LogP contribution in [0.25, 0.3) is 75.5 Å². The summed E-state index contributed by atoms with van der Waals surface area (Å²) in [5.74, 6) is 0. The second-order valence-electron chi connectivity index (χ2n) is 16.9. The topological polar surface area (TPSA) is 19.6 Å². The summed E-state index contributed by atoms with van der Waals surface area (Å²) < 4.78 is 8.96. The van der Waals surface area contributed by atoms with Crippen LogP contribution in [0.5, 0.6) is 0 Å². The van der Waals surface area contributed by atoms with Crippen molar-refractivity contribution in [2.24, 2.45) is 0 Å². The second kappa shape index (κ2) is 14.1. The van der Waals surface area contributed by atoms with E-state index in [1.807, 2.05) is 23.5 Å². The van der Waals surface area contributed by atoms with Crippen LogP contribution in [0.2, 0.25) is 0 Å². The van der Waals surface area contributed by atoms with E-state index in [0.29, 0.717) is 0 Å². The summed E-state index contributed by atoms with van der Waals surface area (Å²) in [5.41, 5.74) is 15.4. The van der Waals surface area contributed by atoms with Gasteiger partial charge in [-0.1, -0.05) is 115 Å². The van der Waals surface area contributed by atoms with E-state index in [1.54, 1.807) is 0 Å². The van der Waals surface area contributed by atoms with E-state index >= 15 is 0 Å². The normalized spacial score (nSPS) is 13.4. The molecule has 1 aliphatic rings. The minimum absolute atomic E-state index is 0.0690. The lowest BCUT2D eigenvalue weighted by molar-refractivity contribution is 0.121. The lowest BCUT2D eigenvalue weighted by Crippen LogP contribution is -2.44. The molecule has 1 aliphatic heterocycles. The minimum atomic E-state index is 0.0690. The van der Waals surface area contributed by atoms with Gasteiger partial charge in [0.25, 0.3) is 0 Å². The maximum Gasteiger partial charge on any atom is 0.136 e. The van der Waals surface area contributed by atoms with Gasteiger partial charge in [-0.2, -0.15) is 0 Å². The van der Waals surface area contributed by atoms with Crippen molar-refractivity contribution in [1.82, 2.24) is 4.90 Å². The number of benzene rings is 8. The molecule has 0 unspecified atom stereocenters. The first-order valence-electron chi connectivity index (χ1n) is 20.6. The van der Waals surface area contributed by atoms with E-state index in [9.17, 15) is 0 Å². The van der Waals surface area contributed by atoms with Gasteiger partial charge in [-0.25, -0.2) is 0 Å². The van der Waals surface area contributed by atoms with Crippen molar-refractivity contribution in [2.45, 2.75) is 39.3 Å². The third kappa shape index (κ3) is 6.31. The van der Waals surface area contributed by atoms with Crippen molar-refractivity contribution in [3.05, 3.63) is 187 Å². The summed E-state index contributed by atoms with van der Waals surface area (Å²) in [7, 11) is 0. The van der Waals surface area contributed by atoms with Crippen LogP contribution in [-0.4, -0.2) is 17.0 Å². The van der Waals surface area contributed by atoms with Gasteiger partial charge >= 0.3 is 0 Å². The Morgan fingerprint density at radius 2 is 1.20 bits per heavy atom. The molecule has 0 atom stereocenters. The second-order valence-corrected chi connectivity index (χ2v) is 17.9. The zero-order valence-electron chi connectivity index (χ0n) is 33.6. The number of anilines is 3. The fourth-order valence-electron chi connectivity index (χ4n) is 9.16. The van der Waals surface area contributed by atoms with Gasteiger partial charge in [-0.3, -0.25) is 4.90 Å². The summed E-state index contributed by atoms with van der Waals surface area (Å²) in [6, 6.07) is 64.5. The van der Waals surface area contributed by atoms with Crippen LogP contribution >= 0.6 is 11.3 Å². The van der Waals surface area contributed by atoms with Crippen LogP contribution < -0.4 is 4.90 Å². The van der Waals surface area contributed by atoms with E-state index in [-0.39, 0.29) is 5.54 Å². The lowest BCUT2D eigenvalue weighted by atomic mass is 9.87. The van der Waals surface area contributed by atoms with Crippen LogP contribution in [0.15, 0.2) is 180 Å². The molecule has 3 nitrogen and oxygen atoms in total. The fraction of sp³-hybridized carbons (Fsp3) is 0.127. The van der Waals surface area contributed by atoms with Gasteiger partial charge in [-0.15, -0.1) is 11.3 Å². The van der Waals surface area contributed by atoms with Gasteiger partial charge in [0, 0.05) is 66.5 Å². The Hall–Kier alpha value is -6.46. The predicted molar refractivity (Wildman–Crippen MR) is 251 cm³/mol. The van der Waals surface area contributed by atoms with E-state index in [0.717, 1.165) is 64.0 Å². The van der Waals surface area contributed by atoms with Gasteiger partial charge < -0.3 is 9.32 Å². The molecular weight excluding hydrogens is 737 g/mol. The predicted octanol–water partition coefficient (Wildman–Crippen LogP) is 15.6. The van der Waals surface area contributed by atoms with Crippen molar-refractivity contribution < 1.29 is 4.42 Å². The molecule has 0 bridgehead atoms. The van der Waals surface area contributed by atoms with Gasteiger partial charge in [0.15, 0.2) is 0 Å². The number of thiophene rings is 1. The highest BCUT2D eigenvalue weighted by atomic mass is 32.1. The van der Waals surface area contributed by atoms with Gasteiger partial charge in [0.2, 0.25) is 0 Å². The molecule has 0 fully saturated rings. The Bertz CT molecular complexity index is 3190. The molecule has 0 radical (unpaired) electrons. The zero-order chi connectivity index (χ0) is 39.7. The van der Waals surface area contributed by atoms with Crippen molar-refractivity contribution in [3.8, 4) is 33.4 Å². The molecule has 2 aromatic heterocycles. The molecule has 8 aromatic carbocycles. The number of hydrogen-bond donors (Lipinski definition) is 0. The van der Waals surface area contributed by atoms with Gasteiger partial charge in [0.05, 0.1) is 5.69 Å². The average molecular weight is 781 g/mol. The molecule has 286 valence electrons. The first kappa shape index (κ1) is 35.7. The highest BCUT2D eigenvalue weighted by Crippen LogP contribution is 2.48. The molecule has 0 spiro atoms. The molecular formula is C55H44N2OS. The van der Waals surface area contributed by atoms with Crippen molar-refractivity contribution in [3.63, 3.8) is 0 Å². The average Bonchev–Trinajstić information content (AvgIpc) is 3.83. The maximum absolute atomic E-state index is 6.37. The summed E-state index contributed by atoms with van der Waals surface area (Å²) in [4.78, 5) is 5.13. The number of nitrogens with zero attached hydrogens (tertiary/aromatic N) is 2. The Morgan fingerprint density at radius 1 is 0.508 bits per heavy atom. The Morgan fingerprint density at radius 3 is 2.05 bits per heavy atom. The Kier molecular flexibility index (Phi) is 8.54.